The summed E-state index contributed by atoms with van der Waals surface area (Å²) < 4.78 is 5.43. The molecule has 1 aromatic rings. The normalized spacial score (nSPS) is 26.3. The molecule has 2 aliphatic heterocycles. The van der Waals surface area contributed by atoms with Crippen LogP contribution >= 0.6 is 0 Å². The quantitative estimate of drug-likeness (QED) is 0.904. The summed E-state index contributed by atoms with van der Waals surface area (Å²) in [4.78, 5) is 2.60. The minimum atomic E-state index is 0.687. The summed E-state index contributed by atoms with van der Waals surface area (Å²) in [7, 11) is 1.76. The van der Waals surface area contributed by atoms with Crippen LogP contribution in [0.25, 0.3) is 0 Å². The van der Waals surface area contributed by atoms with Crippen LogP contribution in [0.5, 0.6) is 5.75 Å². The lowest BCUT2D eigenvalue weighted by Crippen LogP contribution is -2.48. The molecule has 0 aliphatic carbocycles. The Morgan fingerprint density at radius 2 is 2.26 bits per heavy atom. The lowest BCUT2D eigenvalue weighted by Gasteiger charge is -2.39. The number of methoxy groups -OCH3 is 1. The number of hydrogen-bond acceptors (Lipinski definition) is 3. The highest BCUT2D eigenvalue weighted by atomic mass is 16.5. The van der Waals surface area contributed by atoms with E-state index in [1.807, 2.05) is 0 Å². The minimum Gasteiger partial charge on any atom is -0.496 e. The van der Waals surface area contributed by atoms with Crippen molar-refractivity contribution in [2.75, 3.05) is 25.1 Å². The highest BCUT2D eigenvalue weighted by Gasteiger charge is 2.34. The molecule has 0 aromatic heterocycles. The number of nitrogens with zero attached hydrogens (tertiary/aromatic N) is 1. The van der Waals surface area contributed by atoms with E-state index in [2.05, 4.69) is 35.3 Å². The molecule has 2 fully saturated rings. The summed E-state index contributed by atoms with van der Waals surface area (Å²) in [5.74, 6) is 1.02. The Kier molecular flexibility index (Phi) is 3.65. The Labute approximate surface area is 115 Å². The number of hydrogen-bond donors (Lipinski definition) is 1. The van der Waals surface area contributed by atoms with Crippen molar-refractivity contribution in [2.45, 2.75) is 44.7 Å². The summed E-state index contributed by atoms with van der Waals surface area (Å²) in [5, 5.41) is 3.64. The van der Waals surface area contributed by atoms with Crippen LogP contribution in [0.15, 0.2) is 18.2 Å². The lowest BCUT2D eigenvalue weighted by atomic mass is 9.96. The second-order valence-electron chi connectivity index (χ2n) is 5.60. The van der Waals surface area contributed by atoms with Crippen LogP contribution in [0, 0.1) is 0 Å². The average Bonchev–Trinajstić information content (AvgIpc) is 2.94. The molecular formula is C16H24N2O. The van der Waals surface area contributed by atoms with Gasteiger partial charge in [0.1, 0.15) is 5.75 Å². The first-order valence-electron chi connectivity index (χ1n) is 7.50. The molecule has 104 valence electrons. The molecule has 0 amide bonds. The zero-order valence-electron chi connectivity index (χ0n) is 12.0. The van der Waals surface area contributed by atoms with Crippen molar-refractivity contribution in [2.24, 2.45) is 0 Å². The van der Waals surface area contributed by atoms with Gasteiger partial charge in [-0.3, -0.25) is 0 Å². The van der Waals surface area contributed by atoms with Gasteiger partial charge >= 0.3 is 0 Å². The molecule has 0 bridgehead atoms. The van der Waals surface area contributed by atoms with Gasteiger partial charge < -0.3 is 15.0 Å². The Hall–Kier alpha value is -1.22. The number of piperidine rings is 1. The zero-order chi connectivity index (χ0) is 13.2. The van der Waals surface area contributed by atoms with E-state index < -0.39 is 0 Å². The van der Waals surface area contributed by atoms with E-state index in [9.17, 15) is 0 Å². The molecule has 1 aromatic carbocycles. The maximum absolute atomic E-state index is 5.43. The molecule has 19 heavy (non-hydrogen) atoms. The number of benzene rings is 1. The molecule has 0 saturated carbocycles. The summed E-state index contributed by atoms with van der Waals surface area (Å²) in [6.45, 7) is 4.55. The SMILES string of the molecule is CCc1cc(N2CCCC3NCCC32)ccc1OC. The number of anilines is 1. The van der Waals surface area contributed by atoms with E-state index in [4.69, 9.17) is 4.74 Å². The van der Waals surface area contributed by atoms with E-state index in [1.54, 1.807) is 7.11 Å². The third kappa shape index (κ3) is 2.32. The van der Waals surface area contributed by atoms with E-state index >= 15 is 0 Å². The molecule has 0 radical (unpaired) electrons. The molecule has 2 unspecified atom stereocenters. The molecule has 2 aliphatic rings. The van der Waals surface area contributed by atoms with Crippen LogP contribution in [-0.4, -0.2) is 32.3 Å². The van der Waals surface area contributed by atoms with Crippen molar-refractivity contribution in [1.82, 2.24) is 5.32 Å². The molecule has 3 nitrogen and oxygen atoms in total. The third-order valence-electron chi connectivity index (χ3n) is 4.60. The molecule has 2 heterocycles. The molecule has 3 heteroatoms. The van der Waals surface area contributed by atoms with Crippen LogP contribution in [0.3, 0.4) is 0 Å². The number of aryl methyl sites for hydroxylation is 1. The highest BCUT2D eigenvalue weighted by molar-refractivity contribution is 5.54. The maximum Gasteiger partial charge on any atom is 0.122 e. The molecule has 2 saturated heterocycles. The lowest BCUT2D eigenvalue weighted by molar-refractivity contribution is 0.406. The van der Waals surface area contributed by atoms with Crippen molar-refractivity contribution in [3.63, 3.8) is 0 Å². The number of nitrogens with one attached hydrogen (secondary N) is 1. The maximum atomic E-state index is 5.43. The van der Waals surface area contributed by atoms with Crippen molar-refractivity contribution >= 4 is 5.69 Å². The van der Waals surface area contributed by atoms with Gasteiger partial charge in [0.25, 0.3) is 0 Å². The third-order valence-corrected chi connectivity index (χ3v) is 4.60. The first kappa shape index (κ1) is 12.8. The summed E-state index contributed by atoms with van der Waals surface area (Å²) in [6, 6.07) is 8.05. The number of ether oxygens (including phenoxy) is 1. The average molecular weight is 260 g/mol. The van der Waals surface area contributed by atoms with Gasteiger partial charge in [-0.15, -0.1) is 0 Å². The van der Waals surface area contributed by atoms with Gasteiger partial charge in [0, 0.05) is 24.3 Å². The number of fused-ring (bicyclic) bond motifs is 1. The standard InChI is InChI=1S/C16H24N2O/c1-3-12-11-13(6-7-16(12)19-2)18-10-4-5-14-15(18)8-9-17-14/h6-7,11,14-15,17H,3-5,8-10H2,1-2H3. The molecule has 2 atom stereocenters. The van der Waals surface area contributed by atoms with E-state index in [0.717, 1.165) is 12.2 Å². The topological polar surface area (TPSA) is 24.5 Å². The van der Waals surface area contributed by atoms with Gasteiger partial charge in [-0.25, -0.2) is 0 Å². The van der Waals surface area contributed by atoms with Crippen LogP contribution in [0.4, 0.5) is 5.69 Å². The van der Waals surface area contributed by atoms with Gasteiger partial charge in [-0.2, -0.15) is 0 Å². The Balaban J connectivity index is 1.88. The van der Waals surface area contributed by atoms with Crippen LogP contribution < -0.4 is 15.0 Å². The first-order chi connectivity index (χ1) is 9.33. The van der Waals surface area contributed by atoms with Crippen molar-refractivity contribution in [3.05, 3.63) is 23.8 Å². The van der Waals surface area contributed by atoms with Gasteiger partial charge in [-0.1, -0.05) is 6.92 Å². The molecule has 0 spiro atoms. The highest BCUT2D eigenvalue weighted by Crippen LogP contribution is 2.32. The fourth-order valence-electron chi connectivity index (χ4n) is 3.61. The smallest absolute Gasteiger partial charge is 0.122 e. The zero-order valence-corrected chi connectivity index (χ0v) is 12.0. The van der Waals surface area contributed by atoms with Crippen LogP contribution in [0.1, 0.15) is 31.7 Å². The van der Waals surface area contributed by atoms with Gasteiger partial charge in [0.15, 0.2) is 0 Å². The predicted octanol–water partition coefficient (Wildman–Crippen LogP) is 2.59. The minimum absolute atomic E-state index is 0.687. The Morgan fingerprint density at radius 1 is 1.37 bits per heavy atom. The van der Waals surface area contributed by atoms with Crippen molar-refractivity contribution in [3.8, 4) is 5.75 Å². The molecular weight excluding hydrogens is 236 g/mol. The predicted molar refractivity (Wildman–Crippen MR) is 79.1 cm³/mol. The first-order valence-corrected chi connectivity index (χ1v) is 7.50. The Bertz CT molecular complexity index is 446. The summed E-state index contributed by atoms with van der Waals surface area (Å²) >= 11 is 0. The Morgan fingerprint density at radius 3 is 3.05 bits per heavy atom. The summed E-state index contributed by atoms with van der Waals surface area (Å²) in [5.41, 5.74) is 2.68. The van der Waals surface area contributed by atoms with Gasteiger partial charge in [0.2, 0.25) is 0 Å². The summed E-state index contributed by atoms with van der Waals surface area (Å²) in [6.07, 6.45) is 4.93. The van der Waals surface area contributed by atoms with Crippen LogP contribution in [0.2, 0.25) is 0 Å². The molecule has 3 rings (SSSR count). The van der Waals surface area contributed by atoms with Crippen molar-refractivity contribution in [1.29, 1.82) is 0 Å². The number of rotatable bonds is 3. The second-order valence-corrected chi connectivity index (χ2v) is 5.60. The van der Waals surface area contributed by atoms with Crippen molar-refractivity contribution < 1.29 is 4.74 Å². The van der Waals surface area contributed by atoms with Gasteiger partial charge in [-0.05, 0) is 56.0 Å². The second kappa shape index (κ2) is 5.41. The molecule has 1 N–H and O–H groups in total. The van der Waals surface area contributed by atoms with E-state index in [0.29, 0.717) is 12.1 Å². The van der Waals surface area contributed by atoms with Gasteiger partial charge in [0.05, 0.1) is 7.11 Å². The largest absolute Gasteiger partial charge is 0.496 e. The monoisotopic (exact) mass is 260 g/mol. The fraction of sp³-hybridized carbons (Fsp3) is 0.625. The van der Waals surface area contributed by atoms with E-state index in [-0.39, 0.29) is 0 Å². The fourth-order valence-corrected chi connectivity index (χ4v) is 3.61. The van der Waals surface area contributed by atoms with E-state index in [1.165, 1.54) is 43.6 Å². The van der Waals surface area contributed by atoms with Crippen LogP contribution in [-0.2, 0) is 6.42 Å².